The summed E-state index contributed by atoms with van der Waals surface area (Å²) >= 11 is 0. The third-order valence-corrected chi connectivity index (χ3v) is 2.92. The van der Waals surface area contributed by atoms with Gasteiger partial charge in [-0.15, -0.1) is 0 Å². The number of aromatic hydroxyl groups is 1. The van der Waals surface area contributed by atoms with Crippen molar-refractivity contribution in [3.63, 3.8) is 0 Å². The van der Waals surface area contributed by atoms with Crippen LogP contribution in [0.3, 0.4) is 0 Å². The van der Waals surface area contributed by atoms with Crippen LogP contribution in [0.5, 0.6) is 11.5 Å². The van der Waals surface area contributed by atoms with Crippen LogP contribution < -0.4 is 4.74 Å². The van der Waals surface area contributed by atoms with Crippen LogP contribution in [0.25, 0.3) is 22.2 Å². The molecule has 3 aromatic rings. The van der Waals surface area contributed by atoms with Gasteiger partial charge in [0.1, 0.15) is 22.5 Å². The average Bonchev–Trinajstić information content (AvgIpc) is 2.88. The Kier molecular flexibility index (Phi) is 2.79. The molecule has 2 N–H and O–H groups in total. The molecular weight excluding hydrogens is 242 g/mol. The molecule has 0 aliphatic heterocycles. The Morgan fingerprint density at radius 1 is 1.16 bits per heavy atom. The Hall–Kier alpha value is -2.56. The summed E-state index contributed by atoms with van der Waals surface area (Å²) in [5.74, 6) is 0.805. The molecule has 0 spiro atoms. The highest BCUT2D eigenvalue weighted by Gasteiger charge is 2.15. The number of ether oxygens (including phenoxy) is 1. The molecular formula is C14H13N3O2. The number of aromatic nitrogens is 3. The number of fused-ring (bicyclic) bond motifs is 1. The van der Waals surface area contributed by atoms with Crippen molar-refractivity contribution in [2.75, 3.05) is 6.61 Å². The molecule has 0 saturated carbocycles. The van der Waals surface area contributed by atoms with Crippen molar-refractivity contribution in [1.29, 1.82) is 0 Å². The van der Waals surface area contributed by atoms with Crippen LogP contribution in [0.15, 0.2) is 36.4 Å². The van der Waals surface area contributed by atoms with Gasteiger partial charge in [-0.05, 0) is 25.1 Å². The molecule has 5 nitrogen and oxygen atoms in total. The lowest BCUT2D eigenvalue weighted by Crippen LogP contribution is -1.94. The van der Waals surface area contributed by atoms with Gasteiger partial charge < -0.3 is 9.84 Å². The fourth-order valence-electron chi connectivity index (χ4n) is 2.14. The van der Waals surface area contributed by atoms with Gasteiger partial charge in [0.2, 0.25) is 0 Å². The minimum atomic E-state index is 0.168. The van der Waals surface area contributed by atoms with Crippen LogP contribution in [0, 0.1) is 0 Å². The SMILES string of the molecule is CCOc1cccc(O)c1-c1cccc2n[nH]nc12. The molecule has 1 aromatic heterocycles. The van der Waals surface area contributed by atoms with E-state index < -0.39 is 0 Å². The zero-order valence-electron chi connectivity index (χ0n) is 10.4. The first-order chi connectivity index (χ1) is 9.31. The van der Waals surface area contributed by atoms with E-state index in [1.165, 1.54) is 0 Å². The van der Waals surface area contributed by atoms with Crippen LogP contribution in [0.1, 0.15) is 6.92 Å². The van der Waals surface area contributed by atoms with E-state index in [0.717, 1.165) is 11.1 Å². The van der Waals surface area contributed by atoms with E-state index in [0.29, 0.717) is 23.4 Å². The number of hydrogen-bond donors (Lipinski definition) is 2. The van der Waals surface area contributed by atoms with Gasteiger partial charge in [-0.25, -0.2) is 0 Å². The van der Waals surface area contributed by atoms with Gasteiger partial charge >= 0.3 is 0 Å². The molecule has 0 aliphatic rings. The van der Waals surface area contributed by atoms with Gasteiger partial charge in [0.05, 0.1) is 12.2 Å². The van der Waals surface area contributed by atoms with E-state index in [1.54, 1.807) is 12.1 Å². The van der Waals surface area contributed by atoms with Crippen molar-refractivity contribution in [2.45, 2.75) is 6.92 Å². The summed E-state index contributed by atoms with van der Waals surface area (Å²) < 4.78 is 5.58. The summed E-state index contributed by atoms with van der Waals surface area (Å²) in [6, 6.07) is 10.9. The largest absolute Gasteiger partial charge is 0.507 e. The number of rotatable bonds is 3. The second kappa shape index (κ2) is 4.61. The van der Waals surface area contributed by atoms with Gasteiger partial charge in [-0.2, -0.15) is 15.4 Å². The van der Waals surface area contributed by atoms with Crippen LogP contribution in [-0.2, 0) is 0 Å². The normalized spacial score (nSPS) is 10.8. The second-order valence-corrected chi connectivity index (χ2v) is 4.08. The molecule has 1 heterocycles. The van der Waals surface area contributed by atoms with E-state index in [1.807, 2.05) is 31.2 Å². The van der Waals surface area contributed by atoms with Crippen molar-refractivity contribution in [2.24, 2.45) is 0 Å². The number of phenols is 1. The molecule has 0 saturated heterocycles. The second-order valence-electron chi connectivity index (χ2n) is 4.08. The molecule has 5 heteroatoms. The predicted molar refractivity (Wildman–Crippen MR) is 72.2 cm³/mol. The lowest BCUT2D eigenvalue weighted by molar-refractivity contribution is 0.339. The predicted octanol–water partition coefficient (Wildman–Crippen LogP) is 2.73. The summed E-state index contributed by atoms with van der Waals surface area (Å²) in [5, 5.41) is 20.9. The molecule has 96 valence electrons. The summed E-state index contributed by atoms with van der Waals surface area (Å²) in [5.41, 5.74) is 2.91. The van der Waals surface area contributed by atoms with E-state index in [2.05, 4.69) is 15.4 Å². The molecule has 0 atom stereocenters. The third kappa shape index (κ3) is 1.89. The first kappa shape index (κ1) is 11.5. The van der Waals surface area contributed by atoms with Crippen LogP contribution in [0.2, 0.25) is 0 Å². The number of nitrogens with zero attached hydrogens (tertiary/aromatic N) is 2. The molecule has 0 amide bonds. The van der Waals surface area contributed by atoms with E-state index in [9.17, 15) is 5.11 Å². The van der Waals surface area contributed by atoms with Gasteiger partial charge in [0.15, 0.2) is 0 Å². The van der Waals surface area contributed by atoms with Crippen molar-refractivity contribution in [3.8, 4) is 22.6 Å². The molecule has 19 heavy (non-hydrogen) atoms. The summed E-state index contributed by atoms with van der Waals surface area (Å²) in [7, 11) is 0. The molecule has 0 unspecified atom stereocenters. The monoisotopic (exact) mass is 255 g/mol. The number of nitrogens with one attached hydrogen (secondary N) is 1. The van der Waals surface area contributed by atoms with Crippen molar-refractivity contribution >= 4 is 11.0 Å². The first-order valence-electron chi connectivity index (χ1n) is 6.06. The van der Waals surface area contributed by atoms with Gasteiger partial charge in [-0.3, -0.25) is 0 Å². The maximum atomic E-state index is 10.1. The smallest absolute Gasteiger partial charge is 0.130 e. The van der Waals surface area contributed by atoms with E-state index in [4.69, 9.17) is 4.74 Å². The fourth-order valence-corrected chi connectivity index (χ4v) is 2.14. The van der Waals surface area contributed by atoms with Gasteiger partial charge in [-0.1, -0.05) is 18.2 Å². The van der Waals surface area contributed by atoms with Crippen LogP contribution >= 0.6 is 0 Å². The van der Waals surface area contributed by atoms with Crippen molar-refractivity contribution < 1.29 is 9.84 Å². The maximum absolute atomic E-state index is 10.1. The number of aromatic amines is 1. The number of H-pyrrole nitrogens is 1. The number of para-hydroxylation sites is 1. The van der Waals surface area contributed by atoms with Crippen molar-refractivity contribution in [3.05, 3.63) is 36.4 Å². The Morgan fingerprint density at radius 3 is 2.84 bits per heavy atom. The topological polar surface area (TPSA) is 71.0 Å². The lowest BCUT2D eigenvalue weighted by Gasteiger charge is -2.12. The summed E-state index contributed by atoms with van der Waals surface area (Å²) in [6.07, 6.45) is 0. The van der Waals surface area contributed by atoms with Gasteiger partial charge in [0, 0.05) is 5.56 Å². The third-order valence-electron chi connectivity index (χ3n) is 2.92. The molecule has 0 aliphatic carbocycles. The highest BCUT2D eigenvalue weighted by Crippen LogP contribution is 2.40. The highest BCUT2D eigenvalue weighted by atomic mass is 16.5. The van der Waals surface area contributed by atoms with Crippen molar-refractivity contribution in [1.82, 2.24) is 15.4 Å². The maximum Gasteiger partial charge on any atom is 0.130 e. The zero-order chi connectivity index (χ0) is 13.2. The Bertz CT molecular complexity index is 722. The number of hydrogen-bond acceptors (Lipinski definition) is 4. The molecule has 3 rings (SSSR count). The zero-order valence-corrected chi connectivity index (χ0v) is 10.4. The molecule has 0 bridgehead atoms. The quantitative estimate of drug-likeness (QED) is 0.754. The summed E-state index contributed by atoms with van der Waals surface area (Å²) in [4.78, 5) is 0. The molecule has 0 fully saturated rings. The van der Waals surface area contributed by atoms with Gasteiger partial charge in [0.25, 0.3) is 0 Å². The minimum absolute atomic E-state index is 0.168. The summed E-state index contributed by atoms with van der Waals surface area (Å²) in [6.45, 7) is 2.44. The first-order valence-corrected chi connectivity index (χ1v) is 6.06. The van der Waals surface area contributed by atoms with Crippen LogP contribution in [0.4, 0.5) is 0 Å². The lowest BCUT2D eigenvalue weighted by atomic mass is 10.0. The molecule has 0 radical (unpaired) electrons. The highest BCUT2D eigenvalue weighted by molar-refractivity contribution is 5.94. The molecule has 2 aromatic carbocycles. The Balaban J connectivity index is 2.29. The Morgan fingerprint density at radius 2 is 2.00 bits per heavy atom. The standard InChI is InChI=1S/C14H13N3O2/c1-2-19-12-8-4-7-11(18)13(12)9-5-3-6-10-14(9)16-17-15-10/h3-8,18H,2H2,1H3,(H,15,16,17). The van der Waals surface area contributed by atoms with E-state index >= 15 is 0 Å². The number of benzene rings is 2. The Labute approximate surface area is 109 Å². The average molecular weight is 255 g/mol. The number of phenolic OH excluding ortho intramolecular Hbond substituents is 1. The minimum Gasteiger partial charge on any atom is -0.507 e. The van der Waals surface area contributed by atoms with Crippen LogP contribution in [-0.4, -0.2) is 27.1 Å². The fraction of sp³-hybridized carbons (Fsp3) is 0.143. The van der Waals surface area contributed by atoms with E-state index in [-0.39, 0.29) is 5.75 Å².